The number of aliphatic hydroxyl groups excluding tert-OH is 1. The van der Waals surface area contributed by atoms with Gasteiger partial charge in [-0.3, -0.25) is 0 Å². The molecule has 1 nitrogen and oxygen atoms in total. The molecule has 1 N–H and O–H groups in total. The van der Waals surface area contributed by atoms with Gasteiger partial charge in [0.05, 0.1) is 0 Å². The van der Waals surface area contributed by atoms with Gasteiger partial charge in [-0.25, -0.2) is 0 Å². The Hall–Kier alpha value is 0.296. The summed E-state index contributed by atoms with van der Waals surface area (Å²) < 4.78 is 0. The van der Waals surface area contributed by atoms with Crippen molar-refractivity contribution in [1.82, 2.24) is 0 Å². The van der Waals surface area contributed by atoms with Crippen LogP contribution in [0.25, 0.3) is 0 Å². The molecule has 12 heavy (non-hydrogen) atoms. The monoisotopic (exact) mass is 241 g/mol. The standard InChI is InChI=1S/C7H7.C2H6O.BrH.Mg/c1-7-5-3-2-4-6-7;1-2-3;;/h2-6H,1H2;3H,2H2,1H3;1H;/q-1;;;+2. The molecule has 0 spiro atoms. The first-order chi connectivity index (χ1) is 4.81. The summed E-state index contributed by atoms with van der Waals surface area (Å²) in [6.45, 7) is 5.65. The average Bonchev–Trinajstić information content (AvgIpc) is 1.91. The minimum absolute atomic E-state index is 0. The van der Waals surface area contributed by atoms with Gasteiger partial charge in [-0.15, -0.1) is 29.1 Å². The van der Waals surface area contributed by atoms with Crippen LogP contribution in [0.15, 0.2) is 30.3 Å². The van der Waals surface area contributed by atoms with Gasteiger partial charge in [0.2, 0.25) is 0 Å². The molecule has 64 valence electrons. The fourth-order valence-electron chi connectivity index (χ4n) is 0.478. The second-order valence-electron chi connectivity index (χ2n) is 1.80. The molecule has 1 aromatic rings. The third-order valence-electron chi connectivity index (χ3n) is 0.843. The van der Waals surface area contributed by atoms with E-state index in [1.54, 1.807) is 6.92 Å². The molecule has 0 aliphatic rings. The largest absolute Gasteiger partial charge is 2.00 e. The molecular formula is C9H14BrMgO+. The molecule has 0 fully saturated rings. The van der Waals surface area contributed by atoms with E-state index in [4.69, 9.17) is 5.11 Å². The van der Waals surface area contributed by atoms with Crippen molar-refractivity contribution in [2.24, 2.45) is 0 Å². The summed E-state index contributed by atoms with van der Waals surface area (Å²) in [7, 11) is 0. The van der Waals surface area contributed by atoms with Crippen molar-refractivity contribution in [3.05, 3.63) is 42.8 Å². The van der Waals surface area contributed by atoms with E-state index in [0.29, 0.717) is 0 Å². The molecule has 0 aromatic heterocycles. The summed E-state index contributed by atoms with van der Waals surface area (Å²) in [6.07, 6.45) is 0. The molecule has 0 saturated carbocycles. The third-order valence-corrected chi connectivity index (χ3v) is 0.843. The molecule has 1 aromatic carbocycles. The van der Waals surface area contributed by atoms with Gasteiger partial charge >= 0.3 is 23.1 Å². The van der Waals surface area contributed by atoms with E-state index in [1.807, 2.05) is 30.3 Å². The Bertz CT molecular complexity index is 156. The van der Waals surface area contributed by atoms with E-state index >= 15 is 0 Å². The smallest absolute Gasteiger partial charge is 0.397 e. The predicted molar refractivity (Wildman–Crippen MR) is 59.7 cm³/mol. The van der Waals surface area contributed by atoms with Gasteiger partial charge in [0, 0.05) is 6.61 Å². The second kappa shape index (κ2) is 13.9. The van der Waals surface area contributed by atoms with Crippen LogP contribution in [0.1, 0.15) is 12.5 Å². The minimum Gasteiger partial charge on any atom is -0.397 e. The van der Waals surface area contributed by atoms with Crippen LogP contribution in [0.2, 0.25) is 0 Å². The fourth-order valence-corrected chi connectivity index (χ4v) is 0.478. The molecule has 0 heterocycles. The first-order valence-electron chi connectivity index (χ1n) is 3.29. The first-order valence-corrected chi connectivity index (χ1v) is 3.29. The zero-order valence-corrected chi connectivity index (χ0v) is 10.5. The molecule has 0 aliphatic heterocycles. The Kier molecular flexibility index (Phi) is 21.0. The van der Waals surface area contributed by atoms with Crippen molar-refractivity contribution < 1.29 is 5.11 Å². The molecule has 0 saturated heterocycles. The van der Waals surface area contributed by atoms with Crippen LogP contribution < -0.4 is 0 Å². The van der Waals surface area contributed by atoms with Gasteiger partial charge in [0.1, 0.15) is 0 Å². The van der Waals surface area contributed by atoms with Crippen LogP contribution in [-0.2, 0) is 0 Å². The van der Waals surface area contributed by atoms with Crippen molar-refractivity contribution in [2.45, 2.75) is 6.92 Å². The summed E-state index contributed by atoms with van der Waals surface area (Å²) in [6, 6.07) is 9.87. The van der Waals surface area contributed by atoms with Gasteiger partial charge in [-0.2, -0.15) is 24.6 Å². The normalized spacial score (nSPS) is 6.50. The van der Waals surface area contributed by atoms with Crippen molar-refractivity contribution in [1.29, 1.82) is 0 Å². The van der Waals surface area contributed by atoms with Crippen LogP contribution in [0.3, 0.4) is 0 Å². The van der Waals surface area contributed by atoms with Crippen LogP contribution in [-0.4, -0.2) is 34.8 Å². The van der Waals surface area contributed by atoms with E-state index in [2.05, 4.69) is 6.92 Å². The molecule has 0 atom stereocenters. The van der Waals surface area contributed by atoms with Crippen LogP contribution in [0, 0.1) is 6.92 Å². The van der Waals surface area contributed by atoms with Crippen molar-refractivity contribution >= 4 is 40.0 Å². The zero-order valence-electron chi connectivity index (χ0n) is 7.36. The summed E-state index contributed by atoms with van der Waals surface area (Å²) in [5.41, 5.74) is 1.07. The number of hydrogen-bond acceptors (Lipinski definition) is 1. The first kappa shape index (κ1) is 18.2. The number of benzene rings is 1. The molecular weight excluding hydrogens is 228 g/mol. The quantitative estimate of drug-likeness (QED) is 0.545. The molecule has 3 heteroatoms. The van der Waals surface area contributed by atoms with E-state index in [9.17, 15) is 0 Å². The summed E-state index contributed by atoms with van der Waals surface area (Å²) in [4.78, 5) is 0. The van der Waals surface area contributed by atoms with Crippen molar-refractivity contribution in [2.75, 3.05) is 6.61 Å². The summed E-state index contributed by atoms with van der Waals surface area (Å²) in [5.74, 6) is 0. The average molecular weight is 242 g/mol. The van der Waals surface area contributed by atoms with Crippen LogP contribution in [0.4, 0.5) is 0 Å². The van der Waals surface area contributed by atoms with Gasteiger partial charge in [-0.1, -0.05) is 6.07 Å². The van der Waals surface area contributed by atoms with Crippen molar-refractivity contribution in [3.8, 4) is 0 Å². The number of halogens is 1. The third kappa shape index (κ3) is 12.9. The Labute approximate surface area is 101 Å². The SMILES string of the molecule is Br.CCO.[CH2-]c1ccccc1.[Mg+2]. The maximum absolute atomic E-state index is 7.57. The zero-order chi connectivity index (χ0) is 7.82. The second-order valence-corrected chi connectivity index (χ2v) is 1.80. The molecule has 0 unspecified atom stereocenters. The van der Waals surface area contributed by atoms with E-state index in [-0.39, 0.29) is 46.6 Å². The summed E-state index contributed by atoms with van der Waals surface area (Å²) in [5, 5.41) is 7.57. The Morgan fingerprint density at radius 3 is 1.75 bits per heavy atom. The van der Waals surface area contributed by atoms with Crippen LogP contribution >= 0.6 is 17.0 Å². The topological polar surface area (TPSA) is 20.2 Å². The summed E-state index contributed by atoms with van der Waals surface area (Å²) >= 11 is 0. The van der Waals surface area contributed by atoms with Crippen LogP contribution in [0.5, 0.6) is 0 Å². The maximum Gasteiger partial charge on any atom is 2.00 e. The Morgan fingerprint density at radius 2 is 1.58 bits per heavy atom. The Morgan fingerprint density at radius 1 is 1.25 bits per heavy atom. The molecule has 0 bridgehead atoms. The van der Waals surface area contributed by atoms with Gasteiger partial charge in [0.15, 0.2) is 0 Å². The number of hydrogen-bond donors (Lipinski definition) is 1. The number of aliphatic hydroxyl groups is 1. The van der Waals surface area contributed by atoms with Gasteiger partial charge in [0.25, 0.3) is 0 Å². The maximum atomic E-state index is 7.57. The number of rotatable bonds is 0. The van der Waals surface area contributed by atoms with E-state index in [1.165, 1.54) is 0 Å². The van der Waals surface area contributed by atoms with E-state index in [0.717, 1.165) is 5.56 Å². The van der Waals surface area contributed by atoms with Crippen molar-refractivity contribution in [3.63, 3.8) is 0 Å². The predicted octanol–water partition coefficient (Wildman–Crippen LogP) is 2.06. The van der Waals surface area contributed by atoms with Gasteiger partial charge in [-0.05, 0) is 6.92 Å². The molecule has 0 amide bonds. The molecule has 0 radical (unpaired) electrons. The van der Waals surface area contributed by atoms with E-state index < -0.39 is 0 Å². The fraction of sp³-hybridized carbons (Fsp3) is 0.222. The Balaban J connectivity index is -0.000000146. The minimum atomic E-state index is 0. The molecule has 1 rings (SSSR count). The van der Waals surface area contributed by atoms with Gasteiger partial charge < -0.3 is 5.11 Å². The molecule has 0 aliphatic carbocycles.